The van der Waals surface area contributed by atoms with Crippen LogP contribution in [0.2, 0.25) is 0 Å². The smallest absolute Gasteiger partial charge is 0.339 e. The Hall–Kier alpha value is -2.22. The molecule has 0 saturated carbocycles. The molecule has 0 amide bonds. The summed E-state index contributed by atoms with van der Waals surface area (Å²) >= 11 is 0. The quantitative estimate of drug-likeness (QED) is 0.784. The SMILES string of the molecule is CC(=O)Cc1cc2ccc(O[C@@H]3OC(C)(C)C(C)[C@H](O)C3O)cc2oc1=O. The molecular weight excluding hydrogens is 352 g/mol. The lowest BCUT2D eigenvalue weighted by molar-refractivity contribution is -0.284. The summed E-state index contributed by atoms with van der Waals surface area (Å²) in [7, 11) is 0. The molecule has 1 saturated heterocycles. The molecule has 1 aliphatic heterocycles. The number of benzene rings is 1. The third-order valence-electron chi connectivity index (χ3n) is 5.13. The Morgan fingerprint density at radius 3 is 2.59 bits per heavy atom. The van der Waals surface area contributed by atoms with Crippen molar-refractivity contribution in [1.29, 1.82) is 0 Å². The molecule has 7 nitrogen and oxygen atoms in total. The van der Waals surface area contributed by atoms with Crippen LogP contribution in [0, 0.1) is 5.92 Å². The Morgan fingerprint density at radius 2 is 1.93 bits per heavy atom. The highest BCUT2D eigenvalue weighted by Gasteiger charge is 2.47. The first-order valence-corrected chi connectivity index (χ1v) is 8.85. The normalized spacial score (nSPS) is 27.5. The van der Waals surface area contributed by atoms with Crippen molar-refractivity contribution < 1.29 is 28.9 Å². The standard InChI is InChI=1S/C20H24O7/c1-10(21)7-13-8-12-5-6-14(9-15(12)26-18(13)24)25-19-17(23)16(22)11(2)20(3,4)27-19/h5-6,8-9,11,16-17,19,22-23H,7H2,1-4H3/t11?,16-,17?,19+/m0/s1. The average Bonchev–Trinajstić information content (AvgIpc) is 2.58. The molecule has 1 aromatic heterocycles. The molecule has 27 heavy (non-hydrogen) atoms. The lowest BCUT2D eigenvalue weighted by atomic mass is 9.82. The van der Waals surface area contributed by atoms with E-state index in [1.54, 1.807) is 25.1 Å². The Morgan fingerprint density at radius 1 is 1.22 bits per heavy atom. The number of carbonyl (C=O) groups excluding carboxylic acids is 1. The van der Waals surface area contributed by atoms with E-state index in [0.717, 1.165) is 0 Å². The minimum Gasteiger partial charge on any atom is -0.462 e. The molecule has 2 N–H and O–H groups in total. The lowest BCUT2D eigenvalue weighted by Gasteiger charge is -2.46. The van der Waals surface area contributed by atoms with Gasteiger partial charge in [-0.2, -0.15) is 0 Å². The summed E-state index contributed by atoms with van der Waals surface area (Å²) in [5, 5.41) is 21.2. The van der Waals surface area contributed by atoms with E-state index in [1.807, 2.05) is 13.8 Å². The van der Waals surface area contributed by atoms with Gasteiger partial charge in [-0.3, -0.25) is 4.79 Å². The number of Topliss-reactive ketones (excluding diaryl/α,β-unsaturated/α-hetero) is 1. The maximum atomic E-state index is 12.0. The summed E-state index contributed by atoms with van der Waals surface area (Å²) in [6, 6.07) is 6.47. The van der Waals surface area contributed by atoms with Crippen LogP contribution in [0.4, 0.5) is 0 Å². The molecule has 1 aliphatic rings. The van der Waals surface area contributed by atoms with Crippen LogP contribution < -0.4 is 10.4 Å². The van der Waals surface area contributed by atoms with Gasteiger partial charge in [-0.05, 0) is 39.0 Å². The molecule has 2 heterocycles. The summed E-state index contributed by atoms with van der Waals surface area (Å²) < 4.78 is 16.8. The van der Waals surface area contributed by atoms with Gasteiger partial charge in [-0.15, -0.1) is 0 Å². The minimum atomic E-state index is -1.21. The molecule has 0 radical (unpaired) electrons. The molecule has 1 fully saturated rings. The van der Waals surface area contributed by atoms with Crippen LogP contribution in [0.3, 0.4) is 0 Å². The fourth-order valence-corrected chi connectivity index (χ4v) is 3.17. The number of ketones is 1. The second-order valence-corrected chi connectivity index (χ2v) is 7.61. The van der Waals surface area contributed by atoms with Crippen molar-refractivity contribution in [2.75, 3.05) is 0 Å². The minimum absolute atomic E-state index is 0.0176. The number of aliphatic hydroxyl groups is 2. The van der Waals surface area contributed by atoms with Crippen LogP contribution in [-0.2, 0) is 16.0 Å². The zero-order valence-electron chi connectivity index (χ0n) is 15.8. The van der Waals surface area contributed by atoms with Gasteiger partial charge in [0.25, 0.3) is 0 Å². The molecule has 0 bridgehead atoms. The van der Waals surface area contributed by atoms with Crippen molar-refractivity contribution in [3.63, 3.8) is 0 Å². The summed E-state index contributed by atoms with van der Waals surface area (Å²) in [6.45, 7) is 6.85. The number of fused-ring (bicyclic) bond motifs is 1. The molecule has 4 atom stereocenters. The highest BCUT2D eigenvalue weighted by molar-refractivity contribution is 5.82. The summed E-state index contributed by atoms with van der Waals surface area (Å²) in [6.07, 6.45) is -3.25. The van der Waals surface area contributed by atoms with E-state index in [2.05, 4.69) is 0 Å². The number of carbonyl (C=O) groups is 1. The number of ether oxygens (including phenoxy) is 2. The second kappa shape index (κ2) is 7.07. The lowest BCUT2D eigenvalue weighted by Crippen LogP contribution is -2.59. The Kier molecular flexibility index (Phi) is 5.12. The highest BCUT2D eigenvalue weighted by Crippen LogP contribution is 2.35. The van der Waals surface area contributed by atoms with Crippen LogP contribution in [0.25, 0.3) is 11.0 Å². The second-order valence-electron chi connectivity index (χ2n) is 7.61. The number of aliphatic hydroxyl groups excluding tert-OH is 2. The third-order valence-corrected chi connectivity index (χ3v) is 5.13. The van der Waals surface area contributed by atoms with E-state index in [0.29, 0.717) is 22.3 Å². The molecule has 3 rings (SSSR count). The summed E-state index contributed by atoms with van der Waals surface area (Å²) in [5.74, 6) is -0.0753. The van der Waals surface area contributed by atoms with Gasteiger partial charge < -0.3 is 24.1 Å². The van der Waals surface area contributed by atoms with E-state index in [-0.39, 0.29) is 18.1 Å². The maximum absolute atomic E-state index is 12.0. The Labute approximate surface area is 156 Å². The first kappa shape index (κ1) is 19.5. The average molecular weight is 376 g/mol. The van der Waals surface area contributed by atoms with Crippen molar-refractivity contribution >= 4 is 16.8 Å². The maximum Gasteiger partial charge on any atom is 0.339 e. The Bertz CT molecular complexity index is 914. The molecule has 2 unspecified atom stereocenters. The molecule has 1 aromatic carbocycles. The molecule has 146 valence electrons. The van der Waals surface area contributed by atoms with Gasteiger partial charge >= 0.3 is 5.63 Å². The number of hydrogen-bond donors (Lipinski definition) is 2. The highest BCUT2D eigenvalue weighted by atomic mass is 16.7. The van der Waals surface area contributed by atoms with E-state index in [9.17, 15) is 19.8 Å². The third kappa shape index (κ3) is 3.90. The van der Waals surface area contributed by atoms with Crippen molar-refractivity contribution in [1.82, 2.24) is 0 Å². The first-order chi connectivity index (χ1) is 12.6. The van der Waals surface area contributed by atoms with E-state index in [4.69, 9.17) is 13.9 Å². The van der Waals surface area contributed by atoms with Gasteiger partial charge in [-0.1, -0.05) is 6.92 Å². The van der Waals surface area contributed by atoms with E-state index in [1.165, 1.54) is 13.0 Å². The fraction of sp³-hybridized carbons (Fsp3) is 0.500. The molecule has 7 heteroatoms. The summed E-state index contributed by atoms with van der Waals surface area (Å²) in [4.78, 5) is 23.3. The zero-order valence-corrected chi connectivity index (χ0v) is 15.8. The number of hydrogen-bond acceptors (Lipinski definition) is 7. The van der Waals surface area contributed by atoms with Crippen LogP contribution >= 0.6 is 0 Å². The van der Waals surface area contributed by atoms with Crippen molar-refractivity contribution in [3.8, 4) is 5.75 Å². The zero-order chi connectivity index (χ0) is 19.9. The molecule has 0 aliphatic carbocycles. The topological polar surface area (TPSA) is 106 Å². The van der Waals surface area contributed by atoms with Gasteiger partial charge in [0.05, 0.1) is 11.7 Å². The predicted molar refractivity (Wildman–Crippen MR) is 97.6 cm³/mol. The Balaban J connectivity index is 1.87. The monoisotopic (exact) mass is 376 g/mol. The summed E-state index contributed by atoms with van der Waals surface area (Å²) in [5.41, 5.74) is -0.667. The molecule has 0 spiro atoms. The van der Waals surface area contributed by atoms with Crippen molar-refractivity contribution in [2.45, 2.75) is 58.2 Å². The molecular formula is C20H24O7. The van der Waals surface area contributed by atoms with Crippen molar-refractivity contribution in [3.05, 3.63) is 40.2 Å². The van der Waals surface area contributed by atoms with E-state index < -0.39 is 29.7 Å². The van der Waals surface area contributed by atoms with Crippen LogP contribution in [-0.4, -0.2) is 40.1 Å². The van der Waals surface area contributed by atoms with Gasteiger partial charge in [0.1, 0.15) is 23.2 Å². The van der Waals surface area contributed by atoms with Crippen molar-refractivity contribution in [2.24, 2.45) is 5.92 Å². The van der Waals surface area contributed by atoms with Gasteiger partial charge in [0.15, 0.2) is 0 Å². The molecule has 2 aromatic rings. The predicted octanol–water partition coefficient (Wildman–Crippen LogP) is 1.80. The van der Waals surface area contributed by atoms with Gasteiger partial charge in [0, 0.05) is 29.4 Å². The van der Waals surface area contributed by atoms with Crippen LogP contribution in [0.15, 0.2) is 33.5 Å². The van der Waals surface area contributed by atoms with Gasteiger partial charge in [-0.25, -0.2) is 4.79 Å². The van der Waals surface area contributed by atoms with Gasteiger partial charge in [0.2, 0.25) is 6.29 Å². The fourth-order valence-electron chi connectivity index (χ4n) is 3.17. The van der Waals surface area contributed by atoms with E-state index >= 15 is 0 Å². The number of rotatable bonds is 4. The largest absolute Gasteiger partial charge is 0.462 e. The van der Waals surface area contributed by atoms with Crippen LogP contribution in [0.5, 0.6) is 5.75 Å². The first-order valence-electron chi connectivity index (χ1n) is 8.85. The van der Waals surface area contributed by atoms with Crippen LogP contribution in [0.1, 0.15) is 33.3 Å².